The number of fused-ring (bicyclic) bond motifs is 1. The summed E-state index contributed by atoms with van der Waals surface area (Å²) >= 11 is 0. The molecule has 0 bridgehead atoms. The Hall–Kier alpha value is -2.31. The number of aromatic nitrogens is 3. The lowest BCUT2D eigenvalue weighted by Gasteiger charge is -2.28. The molecular weight excluding hydrogens is 314 g/mol. The number of amides is 1. The van der Waals surface area contributed by atoms with E-state index < -0.39 is 13.0 Å². The fourth-order valence-corrected chi connectivity index (χ4v) is 3.26. The zero-order valence-electron chi connectivity index (χ0n) is 13.5. The molecule has 1 atom stereocenters. The Morgan fingerprint density at radius 2 is 2.21 bits per heavy atom. The van der Waals surface area contributed by atoms with Gasteiger partial charge in [-0.15, -0.1) is 0 Å². The third-order valence-corrected chi connectivity index (χ3v) is 4.43. The molecule has 0 saturated carbocycles. The predicted octanol–water partition coefficient (Wildman–Crippen LogP) is 2.62. The molecule has 5 nitrogen and oxygen atoms in total. The van der Waals surface area contributed by atoms with Crippen LogP contribution in [-0.4, -0.2) is 39.0 Å². The Bertz CT molecular complexity index is 716. The number of likely N-dealkylation sites (N-methyl/N-ethyl adjacent to an activating group) is 1. The SMILES string of the molecule is CN(Cc1ncnn1CC(F)F)C(=O)C1CCCc2ccccc21. The standard InChI is InChI=1S/C17H20F2N4O/c1-22(10-16-20-11-21-23(16)9-15(18)19)17(24)14-8-4-6-12-5-2-3-7-13(12)14/h2-3,5,7,11,14-15H,4,6,8-10H2,1H3. The molecule has 1 aliphatic rings. The molecule has 1 aromatic carbocycles. The van der Waals surface area contributed by atoms with Crippen LogP contribution >= 0.6 is 0 Å². The van der Waals surface area contributed by atoms with Gasteiger partial charge < -0.3 is 4.90 Å². The van der Waals surface area contributed by atoms with Crippen LogP contribution in [0, 0.1) is 0 Å². The van der Waals surface area contributed by atoms with E-state index >= 15 is 0 Å². The minimum Gasteiger partial charge on any atom is -0.338 e. The van der Waals surface area contributed by atoms with Crippen molar-refractivity contribution in [1.82, 2.24) is 19.7 Å². The Labute approximate surface area is 139 Å². The summed E-state index contributed by atoms with van der Waals surface area (Å²) in [5, 5.41) is 3.80. The summed E-state index contributed by atoms with van der Waals surface area (Å²) in [5.74, 6) is 0.190. The average molecular weight is 334 g/mol. The fourth-order valence-electron chi connectivity index (χ4n) is 3.26. The third-order valence-electron chi connectivity index (χ3n) is 4.43. The molecule has 0 radical (unpaired) electrons. The number of carbonyl (C=O) groups is 1. The van der Waals surface area contributed by atoms with Crippen molar-refractivity contribution in [1.29, 1.82) is 0 Å². The van der Waals surface area contributed by atoms with Crippen LogP contribution in [0.25, 0.3) is 0 Å². The first-order valence-electron chi connectivity index (χ1n) is 8.04. The number of rotatable bonds is 5. The number of halogens is 2. The van der Waals surface area contributed by atoms with E-state index in [0.29, 0.717) is 5.82 Å². The lowest BCUT2D eigenvalue weighted by atomic mass is 9.82. The summed E-state index contributed by atoms with van der Waals surface area (Å²) in [6.07, 6.45) is 1.52. The number of hydrogen-bond donors (Lipinski definition) is 0. The van der Waals surface area contributed by atoms with E-state index in [1.54, 1.807) is 11.9 Å². The molecular formula is C17H20F2N4O. The second-order valence-corrected chi connectivity index (χ2v) is 6.09. The van der Waals surface area contributed by atoms with Crippen LogP contribution in [-0.2, 0) is 24.3 Å². The summed E-state index contributed by atoms with van der Waals surface area (Å²) in [6.45, 7) is -0.339. The highest BCUT2D eigenvalue weighted by Gasteiger charge is 2.29. The van der Waals surface area contributed by atoms with Gasteiger partial charge in [0.05, 0.1) is 12.5 Å². The molecule has 3 rings (SSSR count). The van der Waals surface area contributed by atoms with E-state index in [2.05, 4.69) is 16.1 Å². The van der Waals surface area contributed by atoms with E-state index in [1.807, 2.05) is 18.2 Å². The Morgan fingerprint density at radius 3 is 3.00 bits per heavy atom. The van der Waals surface area contributed by atoms with E-state index in [1.165, 1.54) is 11.9 Å². The number of alkyl halides is 2. The fraction of sp³-hybridized carbons (Fsp3) is 0.471. The molecule has 2 aromatic rings. The van der Waals surface area contributed by atoms with Crippen molar-refractivity contribution in [2.45, 2.75) is 44.7 Å². The van der Waals surface area contributed by atoms with Crippen molar-refractivity contribution >= 4 is 5.91 Å². The van der Waals surface area contributed by atoms with Gasteiger partial charge in [0.2, 0.25) is 5.91 Å². The predicted molar refractivity (Wildman–Crippen MR) is 84.6 cm³/mol. The van der Waals surface area contributed by atoms with Crippen LogP contribution < -0.4 is 0 Å². The quantitative estimate of drug-likeness (QED) is 0.845. The van der Waals surface area contributed by atoms with Gasteiger partial charge in [-0.05, 0) is 30.4 Å². The lowest BCUT2D eigenvalue weighted by molar-refractivity contribution is -0.132. The van der Waals surface area contributed by atoms with Crippen LogP contribution in [0.2, 0.25) is 0 Å². The molecule has 0 saturated heterocycles. The summed E-state index contributed by atoms with van der Waals surface area (Å²) < 4.78 is 26.3. The Morgan fingerprint density at radius 1 is 1.42 bits per heavy atom. The number of benzene rings is 1. The largest absolute Gasteiger partial charge is 0.338 e. The van der Waals surface area contributed by atoms with Crippen molar-refractivity contribution in [3.05, 3.63) is 47.5 Å². The third kappa shape index (κ3) is 3.44. The van der Waals surface area contributed by atoms with Crippen LogP contribution in [0.3, 0.4) is 0 Å². The zero-order valence-corrected chi connectivity index (χ0v) is 13.5. The normalized spacial score (nSPS) is 16.9. The monoisotopic (exact) mass is 334 g/mol. The van der Waals surface area contributed by atoms with Gasteiger partial charge in [-0.2, -0.15) is 5.10 Å². The van der Waals surface area contributed by atoms with Gasteiger partial charge in [-0.1, -0.05) is 24.3 Å². The molecule has 7 heteroatoms. The molecule has 0 fully saturated rings. The number of aryl methyl sites for hydroxylation is 1. The van der Waals surface area contributed by atoms with Gasteiger partial charge in [0.15, 0.2) is 0 Å². The zero-order chi connectivity index (χ0) is 17.1. The number of nitrogens with zero attached hydrogens (tertiary/aromatic N) is 4. The van der Waals surface area contributed by atoms with Crippen LogP contribution in [0.1, 0.15) is 35.7 Å². The maximum atomic E-state index is 12.8. The van der Waals surface area contributed by atoms with Crippen LogP contribution in [0.15, 0.2) is 30.6 Å². The molecule has 0 spiro atoms. The van der Waals surface area contributed by atoms with E-state index in [0.717, 1.165) is 29.5 Å². The Kier molecular flexibility index (Phi) is 4.87. The number of hydrogen-bond acceptors (Lipinski definition) is 3. The summed E-state index contributed by atoms with van der Waals surface area (Å²) in [7, 11) is 1.68. The molecule has 1 unspecified atom stereocenters. The van der Waals surface area contributed by atoms with Crippen molar-refractivity contribution in [2.24, 2.45) is 0 Å². The van der Waals surface area contributed by atoms with Crippen molar-refractivity contribution in [3.8, 4) is 0 Å². The second-order valence-electron chi connectivity index (χ2n) is 6.09. The van der Waals surface area contributed by atoms with Gasteiger partial charge in [0, 0.05) is 7.05 Å². The molecule has 0 aliphatic heterocycles. The first-order valence-corrected chi connectivity index (χ1v) is 8.04. The Balaban J connectivity index is 1.73. The average Bonchev–Trinajstić information content (AvgIpc) is 2.99. The molecule has 1 amide bonds. The second kappa shape index (κ2) is 7.07. The summed E-state index contributed by atoms with van der Waals surface area (Å²) in [6, 6.07) is 8.00. The maximum Gasteiger partial charge on any atom is 0.257 e. The van der Waals surface area contributed by atoms with Gasteiger partial charge >= 0.3 is 0 Å². The topological polar surface area (TPSA) is 51.0 Å². The van der Waals surface area contributed by atoms with Crippen LogP contribution in [0.4, 0.5) is 8.78 Å². The lowest BCUT2D eigenvalue weighted by Crippen LogP contribution is -2.34. The highest BCUT2D eigenvalue weighted by atomic mass is 19.3. The van der Waals surface area contributed by atoms with Crippen molar-refractivity contribution in [3.63, 3.8) is 0 Å². The van der Waals surface area contributed by atoms with E-state index in [-0.39, 0.29) is 18.4 Å². The molecule has 1 aromatic heterocycles. The van der Waals surface area contributed by atoms with Gasteiger partial charge in [0.25, 0.3) is 6.43 Å². The molecule has 1 heterocycles. The highest BCUT2D eigenvalue weighted by Crippen LogP contribution is 2.32. The summed E-state index contributed by atoms with van der Waals surface area (Å²) in [5.41, 5.74) is 2.30. The van der Waals surface area contributed by atoms with Gasteiger partial charge in [-0.3, -0.25) is 4.79 Å². The van der Waals surface area contributed by atoms with Gasteiger partial charge in [0.1, 0.15) is 18.7 Å². The molecule has 128 valence electrons. The minimum atomic E-state index is -2.50. The van der Waals surface area contributed by atoms with Crippen molar-refractivity contribution < 1.29 is 13.6 Å². The van der Waals surface area contributed by atoms with E-state index in [4.69, 9.17) is 0 Å². The maximum absolute atomic E-state index is 12.8. The minimum absolute atomic E-state index is 0.00579. The smallest absolute Gasteiger partial charge is 0.257 e. The van der Waals surface area contributed by atoms with E-state index in [9.17, 15) is 13.6 Å². The van der Waals surface area contributed by atoms with Crippen LogP contribution in [0.5, 0.6) is 0 Å². The first kappa shape index (κ1) is 16.5. The summed E-state index contributed by atoms with van der Waals surface area (Å²) in [4.78, 5) is 18.4. The number of carbonyl (C=O) groups excluding carboxylic acids is 1. The molecule has 24 heavy (non-hydrogen) atoms. The van der Waals surface area contributed by atoms with Gasteiger partial charge in [-0.25, -0.2) is 18.4 Å². The molecule has 1 aliphatic carbocycles. The van der Waals surface area contributed by atoms with Crippen molar-refractivity contribution in [2.75, 3.05) is 7.05 Å². The molecule has 0 N–H and O–H groups in total. The first-order chi connectivity index (χ1) is 11.6. The highest BCUT2D eigenvalue weighted by molar-refractivity contribution is 5.84.